The molecule has 2 aliphatic rings. The fourth-order valence-electron chi connectivity index (χ4n) is 2.74. The minimum atomic E-state index is -3.48. The molecule has 0 aromatic rings. The monoisotopic (exact) mass is 338 g/mol. The van der Waals surface area contributed by atoms with E-state index >= 15 is 0 Å². The second-order valence-corrected chi connectivity index (χ2v) is 10.6. The zero-order chi connectivity index (χ0) is 16.1. The lowest BCUT2D eigenvalue weighted by atomic mass is 10.3. The van der Waals surface area contributed by atoms with E-state index in [-0.39, 0.29) is 12.6 Å². The van der Waals surface area contributed by atoms with Gasteiger partial charge in [0, 0.05) is 25.4 Å². The summed E-state index contributed by atoms with van der Waals surface area (Å²) in [6.45, 7) is 3.83. The Morgan fingerprint density at radius 1 is 1.24 bits per heavy atom. The van der Waals surface area contributed by atoms with Gasteiger partial charge in [-0.2, -0.15) is 0 Å². The minimum Gasteiger partial charge on any atom is -0.340 e. The van der Waals surface area contributed by atoms with Gasteiger partial charge >= 0.3 is 0 Å². The van der Waals surface area contributed by atoms with Crippen molar-refractivity contribution in [2.75, 3.05) is 19.3 Å². The number of rotatable bonds is 5. The van der Waals surface area contributed by atoms with Crippen molar-refractivity contribution in [3.05, 3.63) is 0 Å². The van der Waals surface area contributed by atoms with Gasteiger partial charge in [-0.15, -0.1) is 0 Å². The molecule has 9 heteroatoms. The molecule has 1 saturated carbocycles. The Morgan fingerprint density at radius 3 is 2.24 bits per heavy atom. The normalized spacial score (nSPS) is 25.3. The molecule has 21 heavy (non-hydrogen) atoms. The first-order valence-corrected chi connectivity index (χ1v) is 10.4. The van der Waals surface area contributed by atoms with Gasteiger partial charge < -0.3 is 4.90 Å². The number of hydrogen-bond acceptors (Lipinski definition) is 5. The molecule has 2 rings (SSSR count). The van der Waals surface area contributed by atoms with Crippen molar-refractivity contribution in [1.29, 1.82) is 0 Å². The van der Waals surface area contributed by atoms with E-state index in [1.807, 2.05) is 0 Å². The molecule has 0 radical (unpaired) electrons. The Balaban J connectivity index is 2.09. The van der Waals surface area contributed by atoms with E-state index in [0.717, 1.165) is 6.26 Å². The lowest BCUT2D eigenvalue weighted by molar-refractivity contribution is -0.130. The molecule has 1 aliphatic carbocycles. The second-order valence-electron chi connectivity index (χ2n) is 6.25. The second kappa shape index (κ2) is 5.20. The van der Waals surface area contributed by atoms with E-state index < -0.39 is 35.8 Å². The molecule has 1 atom stereocenters. The first-order chi connectivity index (χ1) is 9.49. The molecule has 1 aliphatic heterocycles. The highest BCUT2D eigenvalue weighted by molar-refractivity contribution is 7.93. The van der Waals surface area contributed by atoms with Gasteiger partial charge in [-0.3, -0.25) is 4.79 Å². The Labute approximate surface area is 126 Å². The Morgan fingerprint density at radius 2 is 1.81 bits per heavy atom. The zero-order valence-electron chi connectivity index (χ0n) is 12.5. The summed E-state index contributed by atoms with van der Waals surface area (Å²) >= 11 is 0. The highest BCUT2D eigenvalue weighted by Crippen LogP contribution is 2.45. The number of hydrogen-bond donors (Lipinski definition) is 1. The van der Waals surface area contributed by atoms with Gasteiger partial charge in [-0.05, 0) is 33.1 Å². The molecule has 1 saturated heterocycles. The van der Waals surface area contributed by atoms with Crippen molar-refractivity contribution < 1.29 is 21.6 Å². The average molecular weight is 338 g/mol. The van der Waals surface area contributed by atoms with Crippen LogP contribution in [0.15, 0.2) is 0 Å². The first-order valence-electron chi connectivity index (χ1n) is 7.00. The van der Waals surface area contributed by atoms with Gasteiger partial charge in [0.25, 0.3) is 0 Å². The van der Waals surface area contributed by atoms with Gasteiger partial charge in [0.05, 0.1) is 5.25 Å². The van der Waals surface area contributed by atoms with Crippen LogP contribution in [-0.4, -0.2) is 63.0 Å². The van der Waals surface area contributed by atoms with Crippen molar-refractivity contribution in [3.8, 4) is 0 Å². The third-order valence-corrected chi connectivity index (χ3v) is 8.14. The number of carbonyl (C=O) groups is 1. The number of carbonyl (C=O) groups excluding carboxylic acids is 1. The lowest BCUT2D eigenvalue weighted by Crippen LogP contribution is -2.45. The Hall–Kier alpha value is -0.670. The molecule has 0 spiro atoms. The van der Waals surface area contributed by atoms with Crippen molar-refractivity contribution in [3.63, 3.8) is 0 Å². The van der Waals surface area contributed by atoms with Crippen LogP contribution in [-0.2, 0) is 24.7 Å². The average Bonchev–Trinajstić information content (AvgIpc) is 2.97. The summed E-state index contributed by atoms with van der Waals surface area (Å²) in [5.74, 6) is -0.438. The van der Waals surface area contributed by atoms with Crippen molar-refractivity contribution in [1.82, 2.24) is 9.62 Å². The summed E-state index contributed by atoms with van der Waals surface area (Å²) in [6.07, 6.45) is 2.09. The highest BCUT2D eigenvalue weighted by atomic mass is 32.2. The number of sulfonamides is 1. The molecule has 1 unspecified atom stereocenters. The molecule has 0 aromatic heterocycles. The third kappa shape index (κ3) is 3.09. The van der Waals surface area contributed by atoms with E-state index in [0.29, 0.717) is 25.8 Å². The predicted molar refractivity (Wildman–Crippen MR) is 79.0 cm³/mol. The zero-order valence-corrected chi connectivity index (χ0v) is 14.1. The summed E-state index contributed by atoms with van der Waals surface area (Å²) in [5, 5.41) is -0.667. The van der Waals surface area contributed by atoms with E-state index in [1.54, 1.807) is 13.8 Å². The van der Waals surface area contributed by atoms with Crippen LogP contribution in [0.4, 0.5) is 0 Å². The van der Waals surface area contributed by atoms with Crippen LogP contribution in [0, 0.1) is 0 Å². The van der Waals surface area contributed by atoms with E-state index in [9.17, 15) is 21.6 Å². The van der Waals surface area contributed by atoms with Crippen LogP contribution in [0.5, 0.6) is 0 Å². The number of likely N-dealkylation sites (tertiary alicyclic amines) is 1. The van der Waals surface area contributed by atoms with Crippen molar-refractivity contribution in [2.24, 2.45) is 0 Å². The molecule has 0 bridgehead atoms. The summed E-state index contributed by atoms with van der Waals surface area (Å²) in [5.41, 5.74) is 0. The van der Waals surface area contributed by atoms with Gasteiger partial charge in [-0.25, -0.2) is 21.6 Å². The maximum absolute atomic E-state index is 12.4. The molecule has 1 N–H and O–H groups in total. The molecule has 1 heterocycles. The van der Waals surface area contributed by atoms with Crippen molar-refractivity contribution >= 4 is 25.8 Å². The first kappa shape index (κ1) is 16.7. The fraction of sp³-hybridized carbons (Fsp3) is 0.917. The fourth-order valence-corrected chi connectivity index (χ4v) is 5.67. The largest absolute Gasteiger partial charge is 0.340 e. The molecule has 122 valence electrons. The maximum atomic E-state index is 12.4. The van der Waals surface area contributed by atoms with Crippen LogP contribution < -0.4 is 4.72 Å². The topological polar surface area (TPSA) is 101 Å². The molecule has 0 aromatic carbocycles. The maximum Gasteiger partial charge on any atom is 0.244 e. The molecular formula is C12H22N2O5S2. The quantitative estimate of drug-likeness (QED) is 0.728. The van der Waals surface area contributed by atoms with Crippen LogP contribution >= 0.6 is 0 Å². The smallest absolute Gasteiger partial charge is 0.244 e. The van der Waals surface area contributed by atoms with Crippen LogP contribution in [0.2, 0.25) is 0 Å². The van der Waals surface area contributed by atoms with Crippen LogP contribution in [0.3, 0.4) is 0 Å². The standard InChI is InChI=1S/C12H22N2O5S2/c1-9(2)13-21(18,19)10-4-7-14(8-10)11(15)12(5-6-12)20(3,16)17/h9-10,13H,4-8H2,1-3H3. The molecule has 2 fully saturated rings. The van der Waals surface area contributed by atoms with Crippen LogP contribution in [0.25, 0.3) is 0 Å². The summed E-state index contributed by atoms with van der Waals surface area (Å²) in [7, 11) is -6.94. The SMILES string of the molecule is CC(C)NS(=O)(=O)C1CCN(C(=O)C2(S(C)(=O)=O)CC2)C1. The highest BCUT2D eigenvalue weighted by Gasteiger charge is 2.60. The van der Waals surface area contributed by atoms with Gasteiger partial charge in [0.15, 0.2) is 14.6 Å². The minimum absolute atomic E-state index is 0.0676. The Bertz CT molecular complexity index is 635. The van der Waals surface area contributed by atoms with Crippen molar-refractivity contribution in [2.45, 2.75) is 49.1 Å². The van der Waals surface area contributed by atoms with Crippen LogP contribution in [0.1, 0.15) is 33.1 Å². The Kier molecular flexibility index (Phi) is 4.14. The lowest BCUT2D eigenvalue weighted by Gasteiger charge is -2.22. The molecule has 1 amide bonds. The third-order valence-electron chi connectivity index (χ3n) is 4.07. The number of amides is 1. The summed E-state index contributed by atoms with van der Waals surface area (Å²) < 4.78 is 49.0. The van der Waals surface area contributed by atoms with Gasteiger partial charge in [0.1, 0.15) is 0 Å². The number of nitrogens with one attached hydrogen (secondary N) is 1. The number of nitrogens with zero attached hydrogens (tertiary/aromatic N) is 1. The number of sulfone groups is 1. The van der Waals surface area contributed by atoms with Gasteiger partial charge in [-0.1, -0.05) is 0 Å². The molecular weight excluding hydrogens is 316 g/mol. The van der Waals surface area contributed by atoms with Gasteiger partial charge in [0.2, 0.25) is 15.9 Å². The summed E-state index contributed by atoms with van der Waals surface area (Å²) in [4.78, 5) is 13.8. The summed E-state index contributed by atoms with van der Waals surface area (Å²) in [6, 6.07) is -0.203. The van der Waals surface area contributed by atoms with E-state index in [1.165, 1.54) is 4.90 Å². The van der Waals surface area contributed by atoms with E-state index in [4.69, 9.17) is 0 Å². The predicted octanol–water partition coefficient (Wildman–Crippen LogP) is -0.508. The van der Waals surface area contributed by atoms with E-state index in [2.05, 4.69) is 4.72 Å². The molecule has 7 nitrogen and oxygen atoms in total.